The maximum absolute atomic E-state index is 11.9. The number of carbonyl (C=O) groups is 1. The van der Waals surface area contributed by atoms with Gasteiger partial charge in [-0.25, -0.2) is 4.79 Å². The Kier molecular flexibility index (Phi) is 1.94. The minimum absolute atomic E-state index is 0.166. The quantitative estimate of drug-likeness (QED) is 0.401. The van der Waals surface area contributed by atoms with Crippen molar-refractivity contribution in [1.29, 1.82) is 0 Å². The fourth-order valence-corrected chi connectivity index (χ4v) is 0.875. The van der Waals surface area contributed by atoms with Crippen LogP contribution in [-0.4, -0.2) is 24.6 Å². The van der Waals surface area contributed by atoms with Crippen LogP contribution in [0, 0.1) is 0 Å². The molecule has 0 amide bonds. The summed E-state index contributed by atoms with van der Waals surface area (Å²) in [5.41, 5.74) is 0.427. The van der Waals surface area contributed by atoms with Gasteiger partial charge in [0.2, 0.25) is 0 Å². The Morgan fingerprint density at radius 1 is 1.80 bits per heavy atom. The van der Waals surface area contributed by atoms with Crippen LogP contribution in [0.15, 0.2) is 5.57 Å². The highest BCUT2D eigenvalue weighted by atomic mass is 19.1. The van der Waals surface area contributed by atoms with Crippen LogP contribution >= 0.6 is 0 Å². The molecule has 0 aromatic carbocycles. The van der Waals surface area contributed by atoms with Crippen LogP contribution < -0.4 is 5.32 Å². The van der Waals surface area contributed by atoms with E-state index in [-0.39, 0.29) is 13.0 Å². The van der Waals surface area contributed by atoms with E-state index >= 15 is 0 Å². The largest absolute Gasteiger partial charge is 0.318 e. The Hall–Kier alpha value is -0.990. The summed E-state index contributed by atoms with van der Waals surface area (Å²) in [6.45, 7) is 0.282. The first-order chi connectivity index (χ1) is 4.74. The van der Waals surface area contributed by atoms with Gasteiger partial charge in [-0.3, -0.25) is 4.79 Å². The van der Waals surface area contributed by atoms with E-state index < -0.39 is 12.1 Å². The zero-order chi connectivity index (χ0) is 7.56. The molecule has 0 bridgehead atoms. The molecule has 0 spiro atoms. The summed E-state index contributed by atoms with van der Waals surface area (Å²) in [6, 6.07) is -2.22. The summed E-state index contributed by atoms with van der Waals surface area (Å²) in [4.78, 5) is 20.0. The van der Waals surface area contributed by atoms with Gasteiger partial charge in [0.05, 0.1) is 0 Å². The number of halogens is 1. The summed E-state index contributed by atoms with van der Waals surface area (Å²) >= 11 is 0. The molecular formula is C6H6FNO2. The molecule has 0 radical (unpaired) electrons. The highest BCUT2D eigenvalue weighted by molar-refractivity contribution is 5.76. The minimum atomic E-state index is -1.41. The van der Waals surface area contributed by atoms with E-state index in [1.54, 1.807) is 5.94 Å². The van der Waals surface area contributed by atoms with Crippen LogP contribution in [0.2, 0.25) is 0 Å². The van der Waals surface area contributed by atoms with Gasteiger partial charge in [-0.1, -0.05) is 0 Å². The first kappa shape index (κ1) is 7.12. The molecule has 54 valence electrons. The summed E-state index contributed by atoms with van der Waals surface area (Å²) in [5, 5.41) is 2.53. The van der Waals surface area contributed by atoms with Crippen LogP contribution in [0.25, 0.3) is 0 Å². The highest BCUT2D eigenvalue weighted by Crippen LogP contribution is 2.10. The maximum atomic E-state index is 11.9. The summed E-state index contributed by atoms with van der Waals surface area (Å²) in [5.74, 6) is 1.63. The van der Waals surface area contributed by atoms with Gasteiger partial charge < -0.3 is 5.32 Å². The predicted octanol–water partition coefficient (Wildman–Crippen LogP) is -0.398. The number of carbonyl (C=O) groups excluding carboxylic acids is 2. The minimum Gasteiger partial charge on any atom is -0.300 e. The number of hydrogen-bond donors (Lipinski definition) is 1. The van der Waals surface area contributed by atoms with Gasteiger partial charge in [0, 0.05) is 18.5 Å². The molecule has 1 aliphatic heterocycles. The Bertz CT molecular complexity index is 208. The lowest BCUT2D eigenvalue weighted by molar-refractivity contribution is -0.131. The molecule has 0 aliphatic carbocycles. The van der Waals surface area contributed by atoms with Gasteiger partial charge in [0.1, 0.15) is 12.0 Å². The smallest absolute Gasteiger partial charge is 0.300 e. The monoisotopic (exact) mass is 143 g/mol. The van der Waals surface area contributed by atoms with Gasteiger partial charge in [-0.05, 0) is 0 Å². The van der Waals surface area contributed by atoms with Crippen molar-refractivity contribution in [3.63, 3.8) is 0 Å². The third-order valence-electron chi connectivity index (χ3n) is 1.43. The molecule has 1 saturated heterocycles. The maximum Gasteiger partial charge on any atom is 0.318 e. The van der Waals surface area contributed by atoms with Crippen molar-refractivity contribution in [2.75, 3.05) is 6.54 Å². The Morgan fingerprint density at radius 2 is 2.50 bits per heavy atom. The summed E-state index contributed by atoms with van der Waals surface area (Å²) in [7, 11) is 0. The average Bonchev–Trinajstić information content (AvgIpc) is 2.34. The first-order valence-corrected chi connectivity index (χ1v) is 2.89. The zero-order valence-corrected chi connectivity index (χ0v) is 5.19. The second-order valence-electron chi connectivity index (χ2n) is 2.15. The van der Waals surface area contributed by atoms with Gasteiger partial charge >= 0.3 is 6.04 Å². The van der Waals surface area contributed by atoms with Crippen LogP contribution in [0.4, 0.5) is 4.39 Å². The zero-order valence-electron chi connectivity index (χ0n) is 5.19. The van der Waals surface area contributed by atoms with Crippen molar-refractivity contribution in [3.05, 3.63) is 5.57 Å². The van der Waals surface area contributed by atoms with Crippen LogP contribution in [-0.2, 0) is 9.59 Å². The Balaban J connectivity index is 2.59. The van der Waals surface area contributed by atoms with E-state index in [0.717, 1.165) is 0 Å². The molecule has 0 saturated carbocycles. The van der Waals surface area contributed by atoms with Crippen molar-refractivity contribution >= 4 is 12.0 Å². The molecule has 1 atom stereocenters. The number of hydrogen-bond acceptors (Lipinski definition) is 3. The van der Waals surface area contributed by atoms with Crippen molar-refractivity contribution in [3.8, 4) is 0 Å². The van der Waals surface area contributed by atoms with Gasteiger partial charge in [0.15, 0.2) is 0 Å². The lowest BCUT2D eigenvalue weighted by Crippen LogP contribution is -2.27. The van der Waals surface area contributed by atoms with E-state index in [2.05, 4.69) is 5.32 Å². The van der Waals surface area contributed by atoms with Crippen molar-refractivity contribution in [2.45, 2.75) is 12.5 Å². The van der Waals surface area contributed by atoms with E-state index in [1.165, 1.54) is 0 Å². The van der Waals surface area contributed by atoms with Gasteiger partial charge in [-0.15, -0.1) is 0 Å². The van der Waals surface area contributed by atoms with Crippen LogP contribution in [0.3, 0.4) is 0 Å². The van der Waals surface area contributed by atoms with Crippen molar-refractivity contribution < 1.29 is 14.0 Å². The molecule has 1 fully saturated rings. The molecule has 1 N–H and O–H groups in total. The molecule has 1 heterocycles. The predicted molar refractivity (Wildman–Crippen MR) is 31.7 cm³/mol. The molecule has 10 heavy (non-hydrogen) atoms. The molecule has 1 aliphatic rings. The highest BCUT2D eigenvalue weighted by Gasteiger charge is 2.25. The number of nitrogens with one attached hydrogen (secondary N) is 1. The number of rotatable bonds is 1. The normalized spacial score (nSPS) is 24.5. The fraction of sp³-hybridized carbons (Fsp3) is 0.500. The van der Waals surface area contributed by atoms with Crippen molar-refractivity contribution in [1.82, 2.24) is 5.32 Å². The van der Waals surface area contributed by atoms with Crippen LogP contribution in [0.1, 0.15) is 6.42 Å². The van der Waals surface area contributed by atoms with Crippen molar-refractivity contribution in [2.24, 2.45) is 0 Å². The molecule has 0 unspecified atom stereocenters. The Morgan fingerprint density at radius 3 is 2.80 bits per heavy atom. The van der Waals surface area contributed by atoms with Crippen LogP contribution in [0.5, 0.6) is 0 Å². The third kappa shape index (κ3) is 1.29. The van der Waals surface area contributed by atoms with Gasteiger partial charge in [-0.2, -0.15) is 4.39 Å². The second-order valence-corrected chi connectivity index (χ2v) is 2.15. The lowest BCUT2D eigenvalue weighted by Gasteiger charge is -1.97. The molecule has 1 rings (SSSR count). The second kappa shape index (κ2) is 2.73. The summed E-state index contributed by atoms with van der Waals surface area (Å²) < 4.78 is 11.9. The lowest BCUT2D eigenvalue weighted by atomic mass is 10.2. The van der Waals surface area contributed by atoms with Gasteiger partial charge in [0.25, 0.3) is 0 Å². The molecule has 0 aromatic rings. The van der Waals surface area contributed by atoms with E-state index in [1.807, 2.05) is 0 Å². The molecule has 4 heteroatoms. The standard InChI is InChI=1S/C6H6FNO2/c7-6(10)5-1-4(3-9)2-8-5/h5,8H,1-2H2/t5-/m0/s1. The Labute approximate surface area is 56.9 Å². The van der Waals surface area contributed by atoms with E-state index in [4.69, 9.17) is 0 Å². The molecular weight excluding hydrogens is 137 g/mol. The average molecular weight is 143 g/mol. The topological polar surface area (TPSA) is 46.2 Å². The SMILES string of the molecule is O=C=C1CN[C@H](C(=O)F)C1. The van der Waals surface area contributed by atoms with E-state index in [9.17, 15) is 14.0 Å². The van der Waals surface area contributed by atoms with E-state index in [0.29, 0.717) is 5.57 Å². The first-order valence-electron chi connectivity index (χ1n) is 2.89. The molecule has 0 aromatic heterocycles. The fourth-order valence-electron chi connectivity index (χ4n) is 0.875. The summed E-state index contributed by atoms with van der Waals surface area (Å²) in [6.07, 6.45) is 0.166. The third-order valence-corrected chi connectivity index (χ3v) is 1.43. The molecule has 3 nitrogen and oxygen atoms in total.